The lowest BCUT2D eigenvalue weighted by molar-refractivity contribution is 0.439. The summed E-state index contributed by atoms with van der Waals surface area (Å²) < 4.78 is 1.06. The van der Waals surface area contributed by atoms with E-state index in [9.17, 15) is 5.11 Å². The minimum absolute atomic E-state index is 0.0809. The first kappa shape index (κ1) is 11.0. The van der Waals surface area contributed by atoms with Crippen LogP contribution in [0.2, 0.25) is 0 Å². The van der Waals surface area contributed by atoms with E-state index in [-0.39, 0.29) is 5.41 Å². The van der Waals surface area contributed by atoms with Crippen LogP contribution in [-0.4, -0.2) is 11.7 Å². The van der Waals surface area contributed by atoms with Crippen molar-refractivity contribution < 1.29 is 5.11 Å². The van der Waals surface area contributed by atoms with Crippen LogP contribution in [0.4, 0.5) is 0 Å². The topological polar surface area (TPSA) is 46.2 Å². The number of phenolic OH excluding ortho intramolecular Hbond substituents is 1. The van der Waals surface area contributed by atoms with E-state index in [4.69, 9.17) is 5.73 Å². The smallest absolute Gasteiger partial charge is 0.115 e. The summed E-state index contributed by atoms with van der Waals surface area (Å²) in [6.07, 6.45) is 4.73. The first-order valence-electron chi connectivity index (χ1n) is 5.37. The maximum absolute atomic E-state index is 9.55. The van der Waals surface area contributed by atoms with Gasteiger partial charge in [-0.25, -0.2) is 0 Å². The molecule has 0 aliphatic heterocycles. The van der Waals surface area contributed by atoms with Crippen LogP contribution in [0.1, 0.15) is 31.2 Å². The van der Waals surface area contributed by atoms with E-state index in [1.165, 1.54) is 18.4 Å². The zero-order valence-corrected chi connectivity index (χ0v) is 10.3. The number of rotatable bonds is 2. The van der Waals surface area contributed by atoms with Crippen LogP contribution in [0, 0.1) is 0 Å². The number of phenols is 1. The summed E-state index contributed by atoms with van der Waals surface area (Å²) in [5.41, 5.74) is 7.17. The highest BCUT2D eigenvalue weighted by atomic mass is 79.9. The SMILES string of the molecule is NCC1(c2cc(O)ccc2Br)CCCC1. The predicted molar refractivity (Wildman–Crippen MR) is 65.0 cm³/mol. The predicted octanol–water partition coefficient (Wildman–Crippen LogP) is 2.93. The first-order valence-corrected chi connectivity index (χ1v) is 6.16. The Morgan fingerprint density at radius 2 is 2.00 bits per heavy atom. The van der Waals surface area contributed by atoms with E-state index < -0.39 is 0 Å². The lowest BCUT2D eigenvalue weighted by Gasteiger charge is -2.29. The van der Waals surface area contributed by atoms with Gasteiger partial charge in [0.25, 0.3) is 0 Å². The van der Waals surface area contributed by atoms with Crippen molar-refractivity contribution in [3.63, 3.8) is 0 Å². The Morgan fingerprint density at radius 3 is 2.60 bits per heavy atom. The van der Waals surface area contributed by atoms with Gasteiger partial charge in [-0.15, -0.1) is 0 Å². The van der Waals surface area contributed by atoms with E-state index in [0.717, 1.165) is 17.3 Å². The molecule has 3 heteroatoms. The van der Waals surface area contributed by atoms with E-state index in [2.05, 4.69) is 15.9 Å². The molecule has 1 aromatic rings. The molecular weight excluding hydrogens is 254 g/mol. The van der Waals surface area contributed by atoms with Crippen LogP contribution in [0.25, 0.3) is 0 Å². The molecule has 1 fully saturated rings. The monoisotopic (exact) mass is 269 g/mol. The molecule has 0 bridgehead atoms. The summed E-state index contributed by atoms with van der Waals surface area (Å²) in [6, 6.07) is 5.45. The maximum atomic E-state index is 9.55. The highest BCUT2D eigenvalue weighted by Crippen LogP contribution is 2.43. The molecule has 0 saturated heterocycles. The molecule has 1 aliphatic carbocycles. The minimum Gasteiger partial charge on any atom is -0.508 e. The summed E-state index contributed by atoms with van der Waals surface area (Å²) >= 11 is 3.55. The van der Waals surface area contributed by atoms with Crippen molar-refractivity contribution in [1.29, 1.82) is 0 Å². The second-order valence-electron chi connectivity index (χ2n) is 4.36. The molecule has 1 saturated carbocycles. The second-order valence-corrected chi connectivity index (χ2v) is 5.21. The molecule has 0 radical (unpaired) electrons. The summed E-state index contributed by atoms with van der Waals surface area (Å²) in [7, 11) is 0. The highest BCUT2D eigenvalue weighted by molar-refractivity contribution is 9.10. The summed E-state index contributed by atoms with van der Waals surface area (Å²) in [6.45, 7) is 0.662. The largest absolute Gasteiger partial charge is 0.508 e. The van der Waals surface area contributed by atoms with Crippen molar-refractivity contribution in [2.75, 3.05) is 6.54 Å². The molecule has 0 amide bonds. The lowest BCUT2D eigenvalue weighted by atomic mass is 9.79. The molecule has 0 unspecified atom stereocenters. The third-order valence-electron chi connectivity index (χ3n) is 3.47. The zero-order valence-electron chi connectivity index (χ0n) is 8.67. The third-order valence-corrected chi connectivity index (χ3v) is 4.16. The Labute approximate surface area is 98.6 Å². The molecule has 1 aromatic carbocycles. The fourth-order valence-electron chi connectivity index (χ4n) is 2.55. The average molecular weight is 270 g/mol. The molecule has 82 valence electrons. The van der Waals surface area contributed by atoms with Crippen LogP contribution >= 0.6 is 15.9 Å². The van der Waals surface area contributed by atoms with Crippen LogP contribution in [0.5, 0.6) is 5.75 Å². The quantitative estimate of drug-likeness (QED) is 0.868. The van der Waals surface area contributed by atoms with Gasteiger partial charge in [0.15, 0.2) is 0 Å². The van der Waals surface area contributed by atoms with Crippen molar-refractivity contribution in [3.8, 4) is 5.75 Å². The summed E-state index contributed by atoms with van der Waals surface area (Å²) in [5, 5.41) is 9.55. The summed E-state index contributed by atoms with van der Waals surface area (Å²) in [5.74, 6) is 0.327. The number of aromatic hydroxyl groups is 1. The van der Waals surface area contributed by atoms with Crippen LogP contribution in [0.3, 0.4) is 0 Å². The molecule has 0 spiro atoms. The third kappa shape index (κ3) is 1.91. The van der Waals surface area contributed by atoms with Gasteiger partial charge in [0.1, 0.15) is 5.75 Å². The van der Waals surface area contributed by atoms with E-state index >= 15 is 0 Å². The van der Waals surface area contributed by atoms with Crippen molar-refractivity contribution in [2.45, 2.75) is 31.1 Å². The van der Waals surface area contributed by atoms with Gasteiger partial charge in [0, 0.05) is 16.4 Å². The van der Waals surface area contributed by atoms with Crippen molar-refractivity contribution in [3.05, 3.63) is 28.2 Å². The number of hydrogen-bond donors (Lipinski definition) is 2. The lowest BCUT2D eigenvalue weighted by Crippen LogP contribution is -2.32. The Hall–Kier alpha value is -0.540. The van der Waals surface area contributed by atoms with Gasteiger partial charge in [-0.3, -0.25) is 0 Å². The normalized spacial score (nSPS) is 19.3. The second kappa shape index (κ2) is 4.14. The van der Waals surface area contributed by atoms with Gasteiger partial charge in [-0.05, 0) is 36.6 Å². The molecule has 0 atom stereocenters. The molecule has 0 heterocycles. The molecular formula is C12H16BrNO. The van der Waals surface area contributed by atoms with Gasteiger partial charge in [0.05, 0.1) is 0 Å². The zero-order chi connectivity index (χ0) is 10.9. The number of benzene rings is 1. The fourth-order valence-corrected chi connectivity index (χ4v) is 3.22. The van der Waals surface area contributed by atoms with Crippen LogP contribution in [0.15, 0.2) is 22.7 Å². The van der Waals surface area contributed by atoms with Gasteiger partial charge in [-0.1, -0.05) is 28.8 Å². The van der Waals surface area contributed by atoms with Crippen molar-refractivity contribution in [1.82, 2.24) is 0 Å². The maximum Gasteiger partial charge on any atom is 0.115 e. The average Bonchev–Trinajstić information content (AvgIpc) is 2.71. The number of halogens is 1. The van der Waals surface area contributed by atoms with Crippen molar-refractivity contribution >= 4 is 15.9 Å². The Balaban J connectivity index is 2.46. The Kier molecular flexibility index (Phi) is 3.03. The Bertz CT molecular complexity index is 359. The molecule has 2 nitrogen and oxygen atoms in total. The van der Waals surface area contributed by atoms with Gasteiger partial charge < -0.3 is 10.8 Å². The van der Waals surface area contributed by atoms with E-state index in [1.54, 1.807) is 6.07 Å². The Morgan fingerprint density at radius 1 is 1.33 bits per heavy atom. The van der Waals surface area contributed by atoms with E-state index in [0.29, 0.717) is 12.3 Å². The fraction of sp³-hybridized carbons (Fsp3) is 0.500. The van der Waals surface area contributed by atoms with Crippen LogP contribution in [-0.2, 0) is 5.41 Å². The highest BCUT2D eigenvalue weighted by Gasteiger charge is 2.35. The molecule has 15 heavy (non-hydrogen) atoms. The van der Waals surface area contributed by atoms with Crippen molar-refractivity contribution in [2.24, 2.45) is 5.73 Å². The van der Waals surface area contributed by atoms with Crippen LogP contribution < -0.4 is 5.73 Å². The van der Waals surface area contributed by atoms with Gasteiger partial charge >= 0.3 is 0 Å². The first-order chi connectivity index (χ1) is 7.18. The molecule has 3 N–H and O–H groups in total. The number of hydrogen-bond acceptors (Lipinski definition) is 2. The molecule has 1 aliphatic rings. The summed E-state index contributed by atoms with van der Waals surface area (Å²) in [4.78, 5) is 0. The molecule has 0 aromatic heterocycles. The van der Waals surface area contributed by atoms with Gasteiger partial charge in [-0.2, -0.15) is 0 Å². The molecule has 2 rings (SSSR count). The van der Waals surface area contributed by atoms with E-state index in [1.807, 2.05) is 12.1 Å². The number of nitrogens with two attached hydrogens (primary N) is 1. The standard InChI is InChI=1S/C12H16BrNO/c13-11-4-3-9(15)7-10(11)12(8-14)5-1-2-6-12/h3-4,7,15H,1-2,5-6,8,14H2. The minimum atomic E-state index is 0.0809. The van der Waals surface area contributed by atoms with Gasteiger partial charge in [0.2, 0.25) is 0 Å².